The molecule has 0 aromatic heterocycles. The fourth-order valence-corrected chi connectivity index (χ4v) is 3.90. The van der Waals surface area contributed by atoms with E-state index in [0.717, 1.165) is 13.0 Å². The molecule has 5 heteroatoms. The van der Waals surface area contributed by atoms with Crippen LogP contribution in [-0.4, -0.2) is 29.9 Å². The maximum atomic E-state index is 14.1. The molecule has 0 bridgehead atoms. The van der Waals surface area contributed by atoms with E-state index in [0.29, 0.717) is 24.4 Å². The highest BCUT2D eigenvalue weighted by atomic mass is 35.5. The van der Waals surface area contributed by atoms with E-state index < -0.39 is 5.60 Å². The highest BCUT2D eigenvalue weighted by Gasteiger charge is 2.51. The maximum Gasteiger partial charge on any atom is 0.129 e. The van der Waals surface area contributed by atoms with Crippen LogP contribution in [0.15, 0.2) is 24.3 Å². The molecule has 2 aliphatic rings. The van der Waals surface area contributed by atoms with E-state index in [2.05, 4.69) is 5.32 Å². The van der Waals surface area contributed by atoms with Gasteiger partial charge in [0.2, 0.25) is 0 Å². The molecule has 1 saturated heterocycles. The number of hydrogen-bond acceptors (Lipinski definition) is 3. The first kappa shape index (κ1) is 15.7. The first-order valence-electron chi connectivity index (χ1n) is 6.94. The van der Waals surface area contributed by atoms with Crippen molar-refractivity contribution in [1.82, 2.24) is 5.32 Å². The lowest BCUT2D eigenvalue weighted by Crippen LogP contribution is -2.46. The highest BCUT2D eigenvalue weighted by Crippen LogP contribution is 2.48. The normalized spacial score (nSPS) is 36.2. The monoisotopic (exact) mass is 301 g/mol. The Morgan fingerprint density at radius 3 is 2.75 bits per heavy atom. The number of fused-ring (bicyclic) bond motifs is 1. The van der Waals surface area contributed by atoms with Crippen molar-refractivity contribution in [1.29, 1.82) is 0 Å². The van der Waals surface area contributed by atoms with Gasteiger partial charge in [0.05, 0.1) is 5.60 Å². The van der Waals surface area contributed by atoms with Crippen molar-refractivity contribution in [2.24, 2.45) is 17.8 Å². The summed E-state index contributed by atoms with van der Waals surface area (Å²) in [5, 5.41) is 23.8. The first-order chi connectivity index (χ1) is 9.15. The fourth-order valence-electron chi connectivity index (χ4n) is 3.90. The number of nitrogens with one attached hydrogen (secondary N) is 1. The van der Waals surface area contributed by atoms with Crippen molar-refractivity contribution >= 4 is 12.4 Å². The van der Waals surface area contributed by atoms with Crippen LogP contribution in [0.5, 0.6) is 0 Å². The number of benzene rings is 1. The molecule has 3 N–H and O–H groups in total. The van der Waals surface area contributed by atoms with Crippen LogP contribution in [-0.2, 0) is 5.60 Å². The zero-order valence-corrected chi connectivity index (χ0v) is 12.1. The lowest BCUT2D eigenvalue weighted by atomic mass is 9.64. The zero-order valence-electron chi connectivity index (χ0n) is 11.3. The molecule has 20 heavy (non-hydrogen) atoms. The van der Waals surface area contributed by atoms with Gasteiger partial charge in [-0.25, -0.2) is 4.39 Å². The Morgan fingerprint density at radius 1 is 1.30 bits per heavy atom. The summed E-state index contributed by atoms with van der Waals surface area (Å²) >= 11 is 0. The summed E-state index contributed by atoms with van der Waals surface area (Å²) in [5.41, 5.74) is -0.780. The van der Waals surface area contributed by atoms with Gasteiger partial charge in [-0.3, -0.25) is 0 Å². The summed E-state index contributed by atoms with van der Waals surface area (Å²) in [6.45, 7) is 1.62. The topological polar surface area (TPSA) is 52.5 Å². The molecule has 4 unspecified atom stereocenters. The molecule has 1 saturated carbocycles. The van der Waals surface area contributed by atoms with Gasteiger partial charge in [-0.2, -0.15) is 0 Å². The Labute approximate surface area is 124 Å². The summed E-state index contributed by atoms with van der Waals surface area (Å²) in [6.07, 6.45) is 1.35. The minimum Gasteiger partial charge on any atom is -0.396 e. The number of aliphatic hydroxyl groups excluding tert-OH is 1. The fraction of sp³-hybridized carbons (Fsp3) is 0.600. The molecule has 0 radical (unpaired) electrons. The van der Waals surface area contributed by atoms with Crippen molar-refractivity contribution in [2.75, 3.05) is 19.7 Å². The third-order valence-electron chi connectivity index (χ3n) is 4.79. The van der Waals surface area contributed by atoms with Crippen LogP contribution < -0.4 is 5.32 Å². The molecule has 4 atom stereocenters. The summed E-state index contributed by atoms with van der Waals surface area (Å²) in [4.78, 5) is 0. The lowest BCUT2D eigenvalue weighted by molar-refractivity contribution is -0.0920. The van der Waals surface area contributed by atoms with Gasteiger partial charge in [-0.1, -0.05) is 18.2 Å². The minimum absolute atomic E-state index is 0. The summed E-state index contributed by atoms with van der Waals surface area (Å²) in [6, 6.07) is 6.47. The minimum atomic E-state index is -1.16. The van der Waals surface area contributed by atoms with E-state index in [1.807, 2.05) is 0 Å². The van der Waals surface area contributed by atoms with Gasteiger partial charge in [0, 0.05) is 24.6 Å². The molecule has 3 nitrogen and oxygen atoms in total. The quantitative estimate of drug-likeness (QED) is 0.779. The highest BCUT2D eigenvalue weighted by molar-refractivity contribution is 5.85. The van der Waals surface area contributed by atoms with E-state index in [-0.39, 0.29) is 36.7 Å². The van der Waals surface area contributed by atoms with Crippen molar-refractivity contribution in [3.8, 4) is 0 Å². The van der Waals surface area contributed by atoms with Crippen LogP contribution in [0.4, 0.5) is 4.39 Å². The second-order valence-electron chi connectivity index (χ2n) is 5.92. The third-order valence-corrected chi connectivity index (χ3v) is 4.79. The Bertz CT molecular complexity index is 473. The number of hydrogen-bond donors (Lipinski definition) is 3. The molecule has 1 aliphatic carbocycles. The third kappa shape index (κ3) is 2.46. The molecule has 3 rings (SSSR count). The Balaban J connectivity index is 0.00000147. The molecule has 1 heterocycles. The van der Waals surface area contributed by atoms with Gasteiger partial charge in [-0.05, 0) is 37.3 Å². The van der Waals surface area contributed by atoms with E-state index in [1.54, 1.807) is 18.2 Å². The van der Waals surface area contributed by atoms with Crippen molar-refractivity contribution in [2.45, 2.75) is 18.4 Å². The Kier molecular flexibility index (Phi) is 4.69. The maximum absolute atomic E-state index is 14.1. The van der Waals surface area contributed by atoms with E-state index in [9.17, 15) is 14.6 Å². The average Bonchev–Trinajstić information content (AvgIpc) is 2.88. The smallest absolute Gasteiger partial charge is 0.129 e. The zero-order chi connectivity index (χ0) is 13.5. The second-order valence-corrected chi connectivity index (χ2v) is 5.92. The average molecular weight is 302 g/mol. The molecule has 0 spiro atoms. The Hall–Kier alpha value is -0.680. The predicted octanol–water partition coefficient (Wildman–Crippen LogP) is 1.67. The van der Waals surface area contributed by atoms with Gasteiger partial charge in [0.15, 0.2) is 0 Å². The van der Waals surface area contributed by atoms with Gasteiger partial charge >= 0.3 is 0 Å². The molecule has 2 fully saturated rings. The van der Waals surface area contributed by atoms with Crippen LogP contribution in [0.25, 0.3) is 0 Å². The van der Waals surface area contributed by atoms with E-state index in [1.165, 1.54) is 6.07 Å². The van der Waals surface area contributed by atoms with Crippen molar-refractivity contribution < 1.29 is 14.6 Å². The number of aliphatic hydroxyl groups is 2. The number of halogens is 2. The van der Waals surface area contributed by atoms with Crippen LogP contribution in [0.3, 0.4) is 0 Å². The van der Waals surface area contributed by atoms with E-state index in [4.69, 9.17) is 0 Å². The molecule has 0 amide bonds. The molecule has 1 aromatic rings. The van der Waals surface area contributed by atoms with Gasteiger partial charge in [0.1, 0.15) is 5.82 Å². The first-order valence-corrected chi connectivity index (χ1v) is 6.94. The standard InChI is InChI=1S/C15H20FNO2.ClH/c16-14-4-2-1-3-12(14)15(19)6-10(9-18)5-11-7-17-8-13(11)15;/h1-4,10-11,13,17-19H,5-9H2;1H. The number of rotatable bonds is 2. The molecular weight excluding hydrogens is 281 g/mol. The van der Waals surface area contributed by atoms with Crippen LogP contribution in [0.1, 0.15) is 18.4 Å². The molecule has 1 aliphatic heterocycles. The molecular formula is C15H21ClFNO2. The lowest BCUT2D eigenvalue weighted by Gasteiger charge is -2.44. The van der Waals surface area contributed by atoms with Crippen LogP contribution >= 0.6 is 12.4 Å². The molecule has 1 aromatic carbocycles. The van der Waals surface area contributed by atoms with Crippen molar-refractivity contribution in [3.05, 3.63) is 35.6 Å². The molecule has 112 valence electrons. The van der Waals surface area contributed by atoms with Crippen molar-refractivity contribution in [3.63, 3.8) is 0 Å². The summed E-state index contributed by atoms with van der Waals surface area (Å²) < 4.78 is 14.1. The summed E-state index contributed by atoms with van der Waals surface area (Å²) in [7, 11) is 0. The van der Waals surface area contributed by atoms with Gasteiger partial charge in [-0.15, -0.1) is 12.4 Å². The Morgan fingerprint density at radius 2 is 2.05 bits per heavy atom. The predicted molar refractivity (Wildman–Crippen MR) is 77.2 cm³/mol. The van der Waals surface area contributed by atoms with E-state index >= 15 is 0 Å². The van der Waals surface area contributed by atoms with Gasteiger partial charge < -0.3 is 15.5 Å². The van der Waals surface area contributed by atoms with Crippen LogP contribution in [0.2, 0.25) is 0 Å². The van der Waals surface area contributed by atoms with Gasteiger partial charge in [0.25, 0.3) is 0 Å². The van der Waals surface area contributed by atoms with Crippen LogP contribution in [0, 0.1) is 23.6 Å². The summed E-state index contributed by atoms with van der Waals surface area (Å²) in [5.74, 6) is 0.0442. The SMILES string of the molecule is Cl.OCC1CC2CNCC2C(O)(c2ccccc2F)C1. The second kappa shape index (κ2) is 5.98. The largest absolute Gasteiger partial charge is 0.396 e.